The molecule has 0 unspecified atom stereocenters. The van der Waals surface area contributed by atoms with E-state index in [0.29, 0.717) is 28.8 Å². The van der Waals surface area contributed by atoms with Crippen molar-refractivity contribution in [3.8, 4) is 5.75 Å². The van der Waals surface area contributed by atoms with Gasteiger partial charge in [-0.05, 0) is 49.6 Å². The number of rotatable bonds is 8. The normalized spacial score (nSPS) is 13.1. The molecular formula is C19H20ClN3O4. The number of hydrogen-bond acceptors (Lipinski definition) is 5. The third-order valence-electron chi connectivity index (χ3n) is 4.05. The molecule has 142 valence electrons. The number of halogens is 1. The van der Waals surface area contributed by atoms with Crippen LogP contribution in [0.5, 0.6) is 5.75 Å². The van der Waals surface area contributed by atoms with Gasteiger partial charge in [0.1, 0.15) is 11.4 Å². The first-order chi connectivity index (χ1) is 13.0. The van der Waals surface area contributed by atoms with Crippen molar-refractivity contribution in [2.24, 2.45) is 0 Å². The molecule has 2 aromatic carbocycles. The summed E-state index contributed by atoms with van der Waals surface area (Å²) >= 11 is 6.02. The van der Waals surface area contributed by atoms with Crippen molar-refractivity contribution in [1.29, 1.82) is 0 Å². The Bertz CT molecular complexity index is 868. The lowest BCUT2D eigenvalue weighted by molar-refractivity contribution is -0.384. The van der Waals surface area contributed by atoms with Crippen LogP contribution in [-0.2, 0) is 0 Å². The monoisotopic (exact) mass is 389 g/mol. The van der Waals surface area contributed by atoms with Gasteiger partial charge in [0.25, 0.3) is 11.6 Å². The van der Waals surface area contributed by atoms with Crippen LogP contribution in [0.3, 0.4) is 0 Å². The van der Waals surface area contributed by atoms with E-state index in [-0.39, 0.29) is 17.3 Å². The second-order valence-corrected chi connectivity index (χ2v) is 6.79. The fourth-order valence-corrected chi connectivity index (χ4v) is 2.70. The Morgan fingerprint density at radius 3 is 2.70 bits per heavy atom. The first-order valence-corrected chi connectivity index (χ1v) is 9.14. The van der Waals surface area contributed by atoms with Gasteiger partial charge in [0, 0.05) is 22.7 Å². The van der Waals surface area contributed by atoms with Gasteiger partial charge in [-0.3, -0.25) is 14.9 Å². The highest BCUT2D eigenvalue weighted by Crippen LogP contribution is 2.33. The van der Waals surface area contributed by atoms with Crippen LogP contribution in [0.15, 0.2) is 36.4 Å². The molecule has 2 aromatic rings. The maximum atomic E-state index is 12.6. The van der Waals surface area contributed by atoms with E-state index < -0.39 is 10.8 Å². The summed E-state index contributed by atoms with van der Waals surface area (Å²) in [6.07, 6.45) is 2.81. The van der Waals surface area contributed by atoms with Gasteiger partial charge in [0.05, 0.1) is 17.2 Å². The fraction of sp³-hybridized carbons (Fsp3) is 0.316. The molecule has 1 aliphatic carbocycles. The summed E-state index contributed by atoms with van der Waals surface area (Å²) < 4.78 is 5.62. The number of nitrogens with one attached hydrogen (secondary N) is 2. The summed E-state index contributed by atoms with van der Waals surface area (Å²) in [5, 5.41) is 17.7. The lowest BCUT2D eigenvalue weighted by atomic mass is 10.1. The lowest BCUT2D eigenvalue weighted by Crippen LogP contribution is -2.14. The first-order valence-electron chi connectivity index (χ1n) is 8.76. The molecule has 0 heterocycles. The van der Waals surface area contributed by atoms with Gasteiger partial charge in [0.2, 0.25) is 0 Å². The van der Waals surface area contributed by atoms with Crippen LogP contribution in [-0.4, -0.2) is 23.5 Å². The average molecular weight is 390 g/mol. The number of carbonyl (C=O) groups excluding carboxylic acids is 1. The third kappa shape index (κ3) is 4.89. The Morgan fingerprint density at radius 1 is 1.26 bits per heavy atom. The first kappa shape index (κ1) is 19.0. The van der Waals surface area contributed by atoms with Gasteiger partial charge >= 0.3 is 0 Å². The molecule has 1 aliphatic rings. The summed E-state index contributed by atoms with van der Waals surface area (Å²) in [6.45, 7) is 2.47. The van der Waals surface area contributed by atoms with Gasteiger partial charge in [0.15, 0.2) is 0 Å². The van der Waals surface area contributed by atoms with Crippen molar-refractivity contribution in [1.82, 2.24) is 0 Å². The molecule has 0 saturated heterocycles. The molecule has 1 saturated carbocycles. The standard InChI is InChI=1S/C19H20ClN3O4/c1-2-9-27-18-8-4-13(20)11-16(18)22-19(24)12-3-7-15(21-14-5-6-14)17(10-12)23(25)26/h3-4,7-8,10-11,14,21H,2,5-6,9H2,1H3,(H,22,24). The predicted octanol–water partition coefficient (Wildman–Crippen LogP) is 4.86. The molecule has 27 heavy (non-hydrogen) atoms. The topological polar surface area (TPSA) is 93.5 Å². The maximum Gasteiger partial charge on any atom is 0.293 e. The van der Waals surface area contributed by atoms with Crippen molar-refractivity contribution in [2.75, 3.05) is 17.2 Å². The van der Waals surface area contributed by atoms with E-state index in [0.717, 1.165) is 19.3 Å². The zero-order chi connectivity index (χ0) is 19.4. The van der Waals surface area contributed by atoms with E-state index in [4.69, 9.17) is 16.3 Å². The minimum absolute atomic E-state index is 0.122. The Labute approximate surface area is 161 Å². The van der Waals surface area contributed by atoms with Crippen LogP contribution >= 0.6 is 11.6 Å². The largest absolute Gasteiger partial charge is 0.491 e. The molecule has 0 aromatic heterocycles. The number of nitrogens with zero attached hydrogens (tertiary/aromatic N) is 1. The SMILES string of the molecule is CCCOc1ccc(Cl)cc1NC(=O)c1ccc(NC2CC2)c([N+](=O)[O-])c1. The Kier molecular flexibility index (Phi) is 5.81. The van der Waals surface area contributed by atoms with Crippen molar-refractivity contribution < 1.29 is 14.5 Å². The molecule has 1 amide bonds. The number of nitro benzene ring substituents is 1. The minimum Gasteiger partial charge on any atom is -0.491 e. The molecule has 7 nitrogen and oxygen atoms in total. The summed E-state index contributed by atoms with van der Waals surface area (Å²) in [5.74, 6) is 0.0239. The van der Waals surface area contributed by atoms with Gasteiger partial charge < -0.3 is 15.4 Å². The molecule has 0 bridgehead atoms. The Hall–Kier alpha value is -2.80. The van der Waals surface area contributed by atoms with Crippen LogP contribution in [0.1, 0.15) is 36.5 Å². The van der Waals surface area contributed by atoms with Crippen LogP contribution in [0.25, 0.3) is 0 Å². The van der Waals surface area contributed by atoms with Crippen LogP contribution in [0.4, 0.5) is 17.1 Å². The van der Waals surface area contributed by atoms with E-state index in [1.165, 1.54) is 6.07 Å². The molecule has 0 aliphatic heterocycles. The highest BCUT2D eigenvalue weighted by molar-refractivity contribution is 6.31. The highest BCUT2D eigenvalue weighted by atomic mass is 35.5. The van der Waals surface area contributed by atoms with Crippen molar-refractivity contribution in [3.05, 3.63) is 57.1 Å². The van der Waals surface area contributed by atoms with Gasteiger partial charge in [-0.1, -0.05) is 18.5 Å². The number of benzene rings is 2. The summed E-state index contributed by atoms with van der Waals surface area (Å²) in [6, 6.07) is 9.61. The number of hydrogen-bond donors (Lipinski definition) is 2. The van der Waals surface area contributed by atoms with Gasteiger partial charge in [-0.15, -0.1) is 0 Å². The van der Waals surface area contributed by atoms with Crippen molar-refractivity contribution in [2.45, 2.75) is 32.2 Å². The van der Waals surface area contributed by atoms with Crippen LogP contribution < -0.4 is 15.4 Å². The second kappa shape index (κ2) is 8.26. The van der Waals surface area contributed by atoms with Gasteiger partial charge in [-0.2, -0.15) is 0 Å². The third-order valence-corrected chi connectivity index (χ3v) is 4.28. The fourth-order valence-electron chi connectivity index (χ4n) is 2.53. The maximum absolute atomic E-state index is 12.6. The van der Waals surface area contributed by atoms with E-state index in [9.17, 15) is 14.9 Å². The smallest absolute Gasteiger partial charge is 0.293 e. The van der Waals surface area contributed by atoms with E-state index in [2.05, 4.69) is 10.6 Å². The van der Waals surface area contributed by atoms with E-state index in [1.54, 1.807) is 30.3 Å². The molecule has 0 atom stereocenters. The van der Waals surface area contributed by atoms with Crippen LogP contribution in [0, 0.1) is 10.1 Å². The highest BCUT2D eigenvalue weighted by Gasteiger charge is 2.25. The molecule has 8 heteroatoms. The van der Waals surface area contributed by atoms with Gasteiger partial charge in [-0.25, -0.2) is 0 Å². The zero-order valence-corrected chi connectivity index (χ0v) is 15.6. The van der Waals surface area contributed by atoms with Crippen molar-refractivity contribution >= 4 is 34.6 Å². The zero-order valence-electron chi connectivity index (χ0n) is 14.8. The van der Waals surface area contributed by atoms with Crippen molar-refractivity contribution in [3.63, 3.8) is 0 Å². The predicted molar refractivity (Wildman–Crippen MR) is 105 cm³/mol. The van der Waals surface area contributed by atoms with E-state index >= 15 is 0 Å². The minimum atomic E-state index is -0.489. The quantitative estimate of drug-likeness (QED) is 0.496. The Balaban J connectivity index is 1.82. The molecule has 0 radical (unpaired) electrons. The second-order valence-electron chi connectivity index (χ2n) is 6.35. The lowest BCUT2D eigenvalue weighted by Gasteiger charge is -2.13. The Morgan fingerprint density at radius 2 is 2.04 bits per heavy atom. The van der Waals surface area contributed by atoms with E-state index in [1.807, 2.05) is 6.92 Å². The molecule has 2 N–H and O–H groups in total. The number of nitro groups is 1. The molecule has 3 rings (SSSR count). The molecule has 0 spiro atoms. The number of carbonyl (C=O) groups is 1. The number of ether oxygens (including phenoxy) is 1. The number of anilines is 2. The summed E-state index contributed by atoms with van der Waals surface area (Å²) in [5.41, 5.74) is 0.908. The van der Waals surface area contributed by atoms with Crippen LogP contribution in [0.2, 0.25) is 5.02 Å². The number of amides is 1. The molecule has 1 fully saturated rings. The summed E-state index contributed by atoms with van der Waals surface area (Å²) in [4.78, 5) is 23.5. The average Bonchev–Trinajstić information content (AvgIpc) is 3.45. The summed E-state index contributed by atoms with van der Waals surface area (Å²) in [7, 11) is 0. The molecular weight excluding hydrogens is 370 g/mol.